The highest BCUT2D eigenvalue weighted by atomic mass is 16.1. The zero-order valence-electron chi connectivity index (χ0n) is 12.1. The number of piperidine rings is 1. The van der Waals surface area contributed by atoms with Gasteiger partial charge in [0.2, 0.25) is 5.91 Å². The molecule has 1 aliphatic rings. The van der Waals surface area contributed by atoms with Crippen molar-refractivity contribution in [3.05, 3.63) is 23.9 Å². The number of carbonyl (C=O) groups excluding carboxylic acids is 1. The lowest BCUT2D eigenvalue weighted by atomic mass is 10.1. The van der Waals surface area contributed by atoms with Crippen LogP contribution >= 0.6 is 0 Å². The van der Waals surface area contributed by atoms with E-state index in [-0.39, 0.29) is 11.8 Å². The molecule has 0 aromatic carbocycles. The molecule has 1 amide bonds. The van der Waals surface area contributed by atoms with E-state index in [4.69, 9.17) is 5.73 Å². The van der Waals surface area contributed by atoms with Gasteiger partial charge in [-0.1, -0.05) is 6.92 Å². The van der Waals surface area contributed by atoms with Crippen molar-refractivity contribution < 1.29 is 4.79 Å². The fourth-order valence-corrected chi connectivity index (χ4v) is 2.34. The molecule has 0 aliphatic carbocycles. The molecule has 1 aromatic heterocycles. The van der Waals surface area contributed by atoms with Crippen LogP contribution in [0.4, 0.5) is 5.82 Å². The molecular weight excluding hydrogens is 252 g/mol. The number of pyridine rings is 1. The largest absolute Gasteiger partial charge is 0.357 e. The van der Waals surface area contributed by atoms with Gasteiger partial charge in [-0.3, -0.25) is 4.79 Å². The van der Waals surface area contributed by atoms with E-state index in [1.807, 2.05) is 19.2 Å². The van der Waals surface area contributed by atoms with E-state index in [1.54, 1.807) is 0 Å². The van der Waals surface area contributed by atoms with E-state index in [9.17, 15) is 4.79 Å². The van der Waals surface area contributed by atoms with Gasteiger partial charge >= 0.3 is 0 Å². The van der Waals surface area contributed by atoms with Gasteiger partial charge in [0.05, 0.1) is 0 Å². The maximum Gasteiger partial charge on any atom is 0.224 e. The number of nitrogens with zero attached hydrogens (tertiary/aromatic N) is 2. The zero-order valence-corrected chi connectivity index (χ0v) is 12.1. The highest BCUT2D eigenvalue weighted by molar-refractivity contribution is 5.78. The Morgan fingerprint density at radius 2 is 2.20 bits per heavy atom. The smallest absolute Gasteiger partial charge is 0.224 e. The van der Waals surface area contributed by atoms with Crippen molar-refractivity contribution in [3.8, 4) is 0 Å². The number of carbonyl (C=O) groups is 1. The Hall–Kier alpha value is -1.62. The van der Waals surface area contributed by atoms with Crippen LogP contribution in [0.3, 0.4) is 0 Å². The second kappa shape index (κ2) is 7.24. The number of rotatable bonds is 5. The lowest BCUT2D eigenvalue weighted by molar-refractivity contribution is -0.124. The zero-order chi connectivity index (χ0) is 14.4. The molecule has 0 saturated carbocycles. The molecule has 1 aliphatic heterocycles. The summed E-state index contributed by atoms with van der Waals surface area (Å²) in [7, 11) is 0. The topological polar surface area (TPSA) is 71.2 Å². The summed E-state index contributed by atoms with van der Waals surface area (Å²) in [6, 6.07) is 4.01. The number of nitrogens with one attached hydrogen (secondary N) is 1. The fourth-order valence-electron chi connectivity index (χ4n) is 2.34. The Kier molecular flexibility index (Phi) is 5.35. The molecule has 0 spiro atoms. The van der Waals surface area contributed by atoms with Gasteiger partial charge in [-0.2, -0.15) is 0 Å². The first kappa shape index (κ1) is 14.8. The third-order valence-electron chi connectivity index (χ3n) is 3.76. The Bertz CT molecular complexity index is 443. The van der Waals surface area contributed by atoms with Crippen LogP contribution in [0.25, 0.3) is 0 Å². The number of amides is 1. The van der Waals surface area contributed by atoms with E-state index < -0.39 is 0 Å². The number of anilines is 1. The average Bonchev–Trinajstić information content (AvgIpc) is 2.53. The summed E-state index contributed by atoms with van der Waals surface area (Å²) in [5.74, 6) is 0.880. The first-order chi connectivity index (χ1) is 9.70. The minimum Gasteiger partial charge on any atom is -0.357 e. The Morgan fingerprint density at radius 3 is 2.90 bits per heavy atom. The quantitative estimate of drug-likeness (QED) is 0.850. The first-order valence-electron chi connectivity index (χ1n) is 7.38. The normalized spacial score (nSPS) is 16.8. The van der Waals surface area contributed by atoms with Crippen molar-refractivity contribution in [3.63, 3.8) is 0 Å². The number of hydrogen-bond acceptors (Lipinski definition) is 4. The molecule has 20 heavy (non-hydrogen) atoms. The van der Waals surface area contributed by atoms with E-state index in [0.29, 0.717) is 13.1 Å². The molecular formula is C15H24N4O. The van der Waals surface area contributed by atoms with Gasteiger partial charge in [0.1, 0.15) is 5.82 Å². The molecule has 1 aromatic rings. The maximum atomic E-state index is 11.7. The molecule has 1 atom stereocenters. The van der Waals surface area contributed by atoms with Gasteiger partial charge in [-0.25, -0.2) is 4.98 Å². The van der Waals surface area contributed by atoms with Gasteiger partial charge < -0.3 is 16.0 Å². The van der Waals surface area contributed by atoms with Crippen molar-refractivity contribution in [2.24, 2.45) is 11.7 Å². The van der Waals surface area contributed by atoms with Crippen molar-refractivity contribution in [1.82, 2.24) is 10.3 Å². The second-order valence-electron chi connectivity index (χ2n) is 5.42. The van der Waals surface area contributed by atoms with Gasteiger partial charge in [0.15, 0.2) is 0 Å². The summed E-state index contributed by atoms with van der Waals surface area (Å²) in [6.07, 6.45) is 5.59. The lowest BCUT2D eigenvalue weighted by Gasteiger charge is -2.28. The Morgan fingerprint density at radius 1 is 1.45 bits per heavy atom. The van der Waals surface area contributed by atoms with Crippen LogP contribution in [0.2, 0.25) is 0 Å². The minimum atomic E-state index is -0.140. The van der Waals surface area contributed by atoms with Crippen molar-refractivity contribution >= 4 is 11.7 Å². The molecule has 0 bridgehead atoms. The fraction of sp³-hybridized carbons (Fsp3) is 0.600. The molecule has 1 unspecified atom stereocenters. The molecule has 2 heterocycles. The summed E-state index contributed by atoms with van der Waals surface area (Å²) < 4.78 is 0. The predicted octanol–water partition coefficient (Wildman–Crippen LogP) is 1.28. The van der Waals surface area contributed by atoms with Crippen molar-refractivity contribution in [1.29, 1.82) is 0 Å². The Labute approximate surface area is 120 Å². The van der Waals surface area contributed by atoms with Crippen LogP contribution in [-0.2, 0) is 11.3 Å². The first-order valence-corrected chi connectivity index (χ1v) is 7.38. The predicted molar refractivity (Wildman–Crippen MR) is 80.4 cm³/mol. The molecule has 0 radical (unpaired) electrons. The van der Waals surface area contributed by atoms with Crippen molar-refractivity contribution in [2.75, 3.05) is 24.5 Å². The molecule has 5 heteroatoms. The van der Waals surface area contributed by atoms with Crippen LogP contribution in [0.5, 0.6) is 0 Å². The summed E-state index contributed by atoms with van der Waals surface area (Å²) in [6.45, 7) is 4.90. The summed E-state index contributed by atoms with van der Waals surface area (Å²) in [5, 5.41) is 2.91. The summed E-state index contributed by atoms with van der Waals surface area (Å²) in [5.41, 5.74) is 6.57. The van der Waals surface area contributed by atoms with Crippen LogP contribution < -0.4 is 16.0 Å². The lowest BCUT2D eigenvalue weighted by Crippen LogP contribution is -2.33. The van der Waals surface area contributed by atoms with E-state index in [0.717, 1.165) is 24.5 Å². The van der Waals surface area contributed by atoms with Gasteiger partial charge in [0, 0.05) is 38.3 Å². The van der Waals surface area contributed by atoms with Crippen LogP contribution in [-0.4, -0.2) is 30.5 Å². The van der Waals surface area contributed by atoms with E-state index >= 15 is 0 Å². The summed E-state index contributed by atoms with van der Waals surface area (Å²) >= 11 is 0. The highest BCUT2D eigenvalue weighted by Gasteiger charge is 2.13. The second-order valence-corrected chi connectivity index (χ2v) is 5.42. The van der Waals surface area contributed by atoms with Gasteiger partial charge in [0.25, 0.3) is 0 Å². The molecule has 1 saturated heterocycles. The van der Waals surface area contributed by atoms with Crippen LogP contribution in [0, 0.1) is 5.92 Å². The molecule has 5 nitrogen and oxygen atoms in total. The molecule has 2 rings (SSSR count). The highest BCUT2D eigenvalue weighted by Crippen LogP contribution is 2.18. The van der Waals surface area contributed by atoms with E-state index in [1.165, 1.54) is 19.3 Å². The van der Waals surface area contributed by atoms with Gasteiger partial charge in [-0.15, -0.1) is 0 Å². The minimum absolute atomic E-state index is 0.00355. The monoisotopic (exact) mass is 276 g/mol. The van der Waals surface area contributed by atoms with Gasteiger partial charge in [-0.05, 0) is 37.0 Å². The third kappa shape index (κ3) is 3.93. The molecule has 3 N–H and O–H groups in total. The Balaban J connectivity index is 1.93. The van der Waals surface area contributed by atoms with Crippen LogP contribution in [0.1, 0.15) is 31.7 Å². The number of hydrogen-bond donors (Lipinski definition) is 2. The number of nitrogens with two attached hydrogens (primary N) is 1. The van der Waals surface area contributed by atoms with Crippen molar-refractivity contribution in [2.45, 2.75) is 32.7 Å². The average molecular weight is 276 g/mol. The molecule has 110 valence electrons. The SMILES string of the molecule is CC(CN)C(=O)NCc1ccnc(N2CCCCC2)c1. The van der Waals surface area contributed by atoms with E-state index in [2.05, 4.69) is 21.3 Å². The maximum absolute atomic E-state index is 11.7. The third-order valence-corrected chi connectivity index (χ3v) is 3.76. The number of aromatic nitrogens is 1. The molecule has 1 fully saturated rings. The summed E-state index contributed by atoms with van der Waals surface area (Å²) in [4.78, 5) is 18.5. The standard InChI is InChI=1S/C15H24N4O/c1-12(10-16)15(20)18-11-13-5-6-17-14(9-13)19-7-3-2-4-8-19/h5-6,9,12H,2-4,7-8,10-11,16H2,1H3,(H,18,20). The van der Waals surface area contributed by atoms with Crippen LogP contribution in [0.15, 0.2) is 18.3 Å².